The molecule has 2 atom stereocenters. The van der Waals surface area contributed by atoms with Gasteiger partial charge in [0.1, 0.15) is 11.4 Å². The van der Waals surface area contributed by atoms with Crippen molar-refractivity contribution in [1.82, 2.24) is 14.1 Å². The monoisotopic (exact) mass is 641 g/mol. The highest BCUT2D eigenvalue weighted by molar-refractivity contribution is 7.89. The minimum Gasteiger partial charge on any atom is -0.267 e. The number of carbonyl (C=O) groups excluding carboxylic acids is 1. The van der Waals surface area contributed by atoms with Gasteiger partial charge >= 0.3 is 0 Å². The Morgan fingerprint density at radius 3 is 2.00 bits per heavy atom. The van der Waals surface area contributed by atoms with E-state index in [1.165, 1.54) is 5.01 Å². The van der Waals surface area contributed by atoms with Gasteiger partial charge < -0.3 is 0 Å². The molecule has 3 heterocycles. The molecule has 47 heavy (non-hydrogen) atoms. The van der Waals surface area contributed by atoms with E-state index in [1.54, 1.807) is 27.2 Å². The first-order valence-electron chi connectivity index (χ1n) is 15.8. The maximum atomic E-state index is 14.1. The highest BCUT2D eigenvalue weighted by Crippen LogP contribution is 2.33. The molecule has 5 aromatic rings. The summed E-state index contributed by atoms with van der Waals surface area (Å²) in [6.07, 6.45) is 4.69. The van der Waals surface area contributed by atoms with Crippen LogP contribution in [-0.2, 0) is 14.8 Å². The van der Waals surface area contributed by atoms with Gasteiger partial charge in [0.15, 0.2) is 0 Å². The number of rotatable bonds is 7. The quantitative estimate of drug-likeness (QED) is 0.178. The van der Waals surface area contributed by atoms with E-state index in [1.807, 2.05) is 109 Å². The van der Waals surface area contributed by atoms with Crippen molar-refractivity contribution >= 4 is 33.4 Å². The average Bonchev–Trinajstić information content (AvgIpc) is 3.67. The van der Waals surface area contributed by atoms with E-state index in [0.29, 0.717) is 46.9 Å². The third-order valence-corrected chi connectivity index (χ3v) is 10.4. The number of hydrogen-bond donors (Lipinski definition) is 0. The second kappa shape index (κ2) is 12.6. The lowest BCUT2D eigenvalue weighted by molar-refractivity contribution is -0.114. The first-order valence-corrected chi connectivity index (χ1v) is 17.2. The Hall–Kier alpha value is -5.12. The third kappa shape index (κ3) is 6.07. The zero-order valence-electron chi connectivity index (χ0n) is 26.3. The number of anilines is 1. The number of aromatic nitrogens is 2. The Bertz CT molecular complexity index is 2080. The normalized spacial score (nSPS) is 19.7. The maximum Gasteiger partial charge on any atom is 0.281 e. The summed E-state index contributed by atoms with van der Waals surface area (Å²) in [6, 6.07) is 35.6. The van der Waals surface area contributed by atoms with Crippen LogP contribution in [0.5, 0.6) is 0 Å². The predicted octanol–water partition coefficient (Wildman–Crippen LogP) is 7.04. The minimum atomic E-state index is -3.73. The van der Waals surface area contributed by atoms with Crippen LogP contribution >= 0.6 is 0 Å². The van der Waals surface area contributed by atoms with Gasteiger partial charge in [-0.1, -0.05) is 92.7 Å². The number of nitrogens with zero attached hydrogens (tertiary/aromatic N) is 5. The fourth-order valence-corrected chi connectivity index (χ4v) is 8.16. The van der Waals surface area contributed by atoms with Gasteiger partial charge in [-0.25, -0.2) is 13.1 Å². The van der Waals surface area contributed by atoms with Crippen LogP contribution in [0.4, 0.5) is 5.69 Å². The Balaban J connectivity index is 1.36. The van der Waals surface area contributed by atoms with Crippen molar-refractivity contribution < 1.29 is 13.2 Å². The van der Waals surface area contributed by atoms with Crippen LogP contribution in [-0.4, -0.2) is 47.2 Å². The number of hydrogen-bond acceptors (Lipinski definition) is 5. The standard InChI is InChI=1S/C38H35N5O3S/c1-27-21-28(2)25-41(24-27)47(45,46)34-20-12-15-30(22-34)36-31(26-42(39-36)32-16-8-4-9-17-32)23-35-37(29-13-6-3-7-14-29)40-43(38(35)44)33-18-10-5-11-19-33/h3-20,22-23,26-28H,21,24-25H2,1-2H3. The topological polar surface area (TPSA) is 87.9 Å². The molecule has 2 aliphatic heterocycles. The van der Waals surface area contributed by atoms with Gasteiger partial charge in [-0.05, 0) is 60.7 Å². The largest absolute Gasteiger partial charge is 0.281 e. The minimum absolute atomic E-state index is 0.225. The van der Waals surface area contributed by atoms with E-state index < -0.39 is 10.0 Å². The molecular weight excluding hydrogens is 607 g/mol. The fourth-order valence-electron chi connectivity index (χ4n) is 6.44. The summed E-state index contributed by atoms with van der Waals surface area (Å²) in [5.41, 5.74) is 5.10. The van der Waals surface area contributed by atoms with Crippen molar-refractivity contribution in [2.45, 2.75) is 25.2 Å². The van der Waals surface area contributed by atoms with E-state index in [9.17, 15) is 13.2 Å². The van der Waals surface area contributed by atoms with Crippen LogP contribution in [0, 0.1) is 11.8 Å². The second-order valence-corrected chi connectivity index (χ2v) is 14.3. The van der Waals surface area contributed by atoms with Crippen molar-refractivity contribution in [3.8, 4) is 16.9 Å². The molecule has 8 nitrogen and oxygen atoms in total. The first kappa shape index (κ1) is 30.5. The second-order valence-electron chi connectivity index (χ2n) is 12.3. The van der Waals surface area contributed by atoms with Crippen molar-refractivity contribution in [3.05, 3.63) is 138 Å². The molecule has 0 spiro atoms. The number of hydrazone groups is 1. The van der Waals surface area contributed by atoms with Crippen LogP contribution in [0.25, 0.3) is 23.0 Å². The zero-order valence-corrected chi connectivity index (χ0v) is 27.1. The summed E-state index contributed by atoms with van der Waals surface area (Å²) in [4.78, 5) is 14.3. The van der Waals surface area contributed by atoms with Gasteiger partial charge in [0, 0.05) is 36.0 Å². The molecule has 1 saturated heterocycles. The fraction of sp³-hybridized carbons (Fsp3) is 0.184. The summed E-state index contributed by atoms with van der Waals surface area (Å²) in [5.74, 6) is 0.311. The molecule has 1 fully saturated rings. The van der Waals surface area contributed by atoms with Gasteiger partial charge in [-0.15, -0.1) is 0 Å². The molecular formula is C38H35N5O3S. The molecule has 0 N–H and O–H groups in total. The van der Waals surface area contributed by atoms with Crippen molar-refractivity contribution in [2.24, 2.45) is 16.9 Å². The molecule has 0 bridgehead atoms. The highest BCUT2D eigenvalue weighted by atomic mass is 32.2. The van der Waals surface area contributed by atoms with E-state index in [0.717, 1.165) is 17.7 Å². The molecule has 2 unspecified atom stereocenters. The van der Waals surface area contributed by atoms with Crippen molar-refractivity contribution in [3.63, 3.8) is 0 Å². The summed E-state index contributed by atoms with van der Waals surface area (Å²) >= 11 is 0. The summed E-state index contributed by atoms with van der Waals surface area (Å²) in [6.45, 7) is 5.19. The predicted molar refractivity (Wildman–Crippen MR) is 186 cm³/mol. The van der Waals surface area contributed by atoms with Crippen LogP contribution in [0.3, 0.4) is 0 Å². The molecule has 1 amide bonds. The molecule has 236 valence electrons. The summed E-state index contributed by atoms with van der Waals surface area (Å²) in [5, 5.41) is 11.2. The Kier molecular flexibility index (Phi) is 8.17. The molecule has 9 heteroatoms. The lowest BCUT2D eigenvalue weighted by atomic mass is 9.94. The molecule has 2 aliphatic rings. The number of para-hydroxylation sites is 2. The van der Waals surface area contributed by atoms with Crippen molar-refractivity contribution in [2.75, 3.05) is 18.1 Å². The smallest absolute Gasteiger partial charge is 0.267 e. The number of benzene rings is 4. The Morgan fingerprint density at radius 2 is 1.34 bits per heavy atom. The third-order valence-electron chi connectivity index (χ3n) is 8.57. The van der Waals surface area contributed by atoms with Gasteiger partial charge in [0.05, 0.1) is 21.8 Å². The van der Waals surface area contributed by atoms with E-state index in [2.05, 4.69) is 13.8 Å². The zero-order chi connectivity index (χ0) is 32.5. The molecule has 0 radical (unpaired) electrons. The molecule has 4 aromatic carbocycles. The molecule has 0 saturated carbocycles. The van der Waals surface area contributed by atoms with E-state index >= 15 is 0 Å². The Morgan fingerprint density at radius 1 is 0.745 bits per heavy atom. The molecule has 7 rings (SSSR count). The van der Waals surface area contributed by atoms with E-state index in [-0.39, 0.29) is 22.6 Å². The maximum absolute atomic E-state index is 14.1. The van der Waals surface area contributed by atoms with Gasteiger partial charge in [0.25, 0.3) is 5.91 Å². The van der Waals surface area contributed by atoms with E-state index in [4.69, 9.17) is 10.2 Å². The van der Waals surface area contributed by atoms with Crippen LogP contribution in [0.15, 0.2) is 137 Å². The SMILES string of the molecule is CC1CC(C)CN(S(=O)(=O)c2cccc(-c3nn(-c4ccccc4)cc3C=C3C(=O)N(c4ccccc4)N=C3c3ccccc3)c2)C1. The average molecular weight is 642 g/mol. The van der Waals surface area contributed by atoms with Gasteiger partial charge in [-0.2, -0.15) is 19.5 Å². The number of carbonyl (C=O) groups is 1. The number of amides is 1. The van der Waals surface area contributed by atoms with Crippen LogP contribution < -0.4 is 5.01 Å². The first-order chi connectivity index (χ1) is 22.8. The molecule has 1 aromatic heterocycles. The lowest BCUT2D eigenvalue weighted by Gasteiger charge is -2.34. The van der Waals surface area contributed by atoms with Crippen LogP contribution in [0.1, 0.15) is 31.4 Å². The van der Waals surface area contributed by atoms with Crippen molar-refractivity contribution in [1.29, 1.82) is 0 Å². The molecule has 0 aliphatic carbocycles. The summed E-state index contributed by atoms with van der Waals surface area (Å²) in [7, 11) is -3.73. The van der Waals surface area contributed by atoms with Gasteiger partial charge in [0.2, 0.25) is 10.0 Å². The van der Waals surface area contributed by atoms with Crippen LogP contribution in [0.2, 0.25) is 0 Å². The number of sulfonamides is 1. The number of piperidine rings is 1. The lowest BCUT2D eigenvalue weighted by Crippen LogP contribution is -2.42. The highest BCUT2D eigenvalue weighted by Gasteiger charge is 2.34. The summed E-state index contributed by atoms with van der Waals surface area (Å²) < 4.78 is 31.1. The van der Waals surface area contributed by atoms with Gasteiger partial charge in [-0.3, -0.25) is 4.79 Å². The Labute approximate surface area is 275 Å².